The summed E-state index contributed by atoms with van der Waals surface area (Å²) in [5.41, 5.74) is 0.811. The number of tetrazole rings is 1. The zero-order valence-electron chi connectivity index (χ0n) is 22.1. The number of nitrogens with one attached hydrogen (secondary N) is 1. The third-order valence-electron chi connectivity index (χ3n) is 6.17. The molecule has 0 unspecified atom stereocenters. The third kappa shape index (κ3) is 3.72. The number of hydrogen-bond donors (Lipinski definition) is 1. The molecule has 7 heteroatoms. The molecule has 0 bridgehead atoms. The highest BCUT2D eigenvalue weighted by Crippen LogP contribution is 2.40. The molecule has 2 heterocycles. The van der Waals surface area contributed by atoms with E-state index in [0.29, 0.717) is 47.6 Å². The molecule has 0 atom stereocenters. The molecule has 32 heavy (non-hydrogen) atoms. The van der Waals surface area contributed by atoms with Crippen LogP contribution in [-0.2, 0) is 11.3 Å². The number of hydrogen-bond acceptors (Lipinski definition) is 5. The second kappa shape index (κ2) is 8.65. The highest BCUT2D eigenvalue weighted by Gasteiger charge is 2.49. The van der Waals surface area contributed by atoms with E-state index >= 15 is 0 Å². The van der Waals surface area contributed by atoms with Crippen LogP contribution in [0.15, 0.2) is 53.5 Å². The fourth-order valence-corrected chi connectivity index (χ4v) is 4.49. The van der Waals surface area contributed by atoms with Gasteiger partial charge in [0.25, 0.3) is 5.91 Å². The molecule has 0 saturated heterocycles. The number of amides is 1. The highest BCUT2D eigenvalue weighted by atomic mass is 16.2. The Kier molecular flexibility index (Phi) is 4.41. The van der Waals surface area contributed by atoms with Crippen molar-refractivity contribution in [3.63, 3.8) is 0 Å². The summed E-state index contributed by atoms with van der Waals surface area (Å²) in [5.74, 6) is 0.483. The van der Waals surface area contributed by atoms with E-state index in [-0.39, 0.29) is 23.6 Å². The van der Waals surface area contributed by atoms with Crippen LogP contribution in [0.3, 0.4) is 0 Å². The maximum atomic E-state index is 13.6. The molecule has 3 aromatic rings. The van der Waals surface area contributed by atoms with Crippen molar-refractivity contribution in [3.05, 3.63) is 54.0 Å². The van der Waals surface area contributed by atoms with Crippen molar-refractivity contribution in [2.24, 2.45) is 4.99 Å². The summed E-state index contributed by atoms with van der Waals surface area (Å²) in [7, 11) is 0. The maximum Gasteiger partial charge on any atom is 0.256 e. The fraction of sp³-hybridized carbons (Fsp3) is 0.400. The Hall–Kier alpha value is -3.35. The summed E-state index contributed by atoms with van der Waals surface area (Å²) < 4.78 is 35.6. The molecular formula is C25H28N6O. The molecule has 1 aromatic heterocycles. The summed E-state index contributed by atoms with van der Waals surface area (Å²) >= 11 is 0. The highest BCUT2D eigenvalue weighted by molar-refractivity contribution is 6.08. The normalized spacial score (nSPS) is 19.6. The van der Waals surface area contributed by atoms with Crippen molar-refractivity contribution in [2.75, 3.05) is 0 Å². The number of carbonyl (C=O) groups excluding carboxylic acids is 1. The Bertz CT molecular complexity index is 1320. The van der Waals surface area contributed by atoms with Gasteiger partial charge in [0.2, 0.25) is 5.82 Å². The molecule has 1 spiro atoms. The number of aromatic amines is 1. The molecular weight excluding hydrogens is 400 g/mol. The largest absolute Gasteiger partial charge is 0.294 e. The van der Waals surface area contributed by atoms with Crippen molar-refractivity contribution in [2.45, 2.75) is 63.9 Å². The van der Waals surface area contributed by atoms with Gasteiger partial charge in [0.1, 0.15) is 11.4 Å². The predicted molar refractivity (Wildman–Crippen MR) is 124 cm³/mol. The molecule has 1 N–H and O–H groups in total. The van der Waals surface area contributed by atoms with Gasteiger partial charge in [-0.15, -0.1) is 10.2 Å². The van der Waals surface area contributed by atoms with Crippen molar-refractivity contribution < 1.29 is 10.3 Å². The van der Waals surface area contributed by atoms with Crippen LogP contribution in [0.1, 0.15) is 62.9 Å². The lowest BCUT2D eigenvalue weighted by Crippen LogP contribution is -2.40. The first kappa shape index (κ1) is 16.3. The minimum absolute atomic E-state index is 0.0270. The molecule has 0 radical (unpaired) electrons. The number of unbranched alkanes of at least 4 members (excludes halogenated alkanes) is 1. The number of benzene rings is 2. The van der Waals surface area contributed by atoms with Gasteiger partial charge < -0.3 is 0 Å². The number of aliphatic imine (C=N–C) groups is 1. The first-order valence-electron chi connectivity index (χ1n) is 13.2. The van der Waals surface area contributed by atoms with Gasteiger partial charge in [-0.3, -0.25) is 14.7 Å². The summed E-state index contributed by atoms with van der Waals surface area (Å²) in [5, 5.41) is 14.1. The minimum atomic E-state index is -2.31. The molecule has 164 valence electrons. The van der Waals surface area contributed by atoms with Gasteiger partial charge in [-0.25, -0.2) is 0 Å². The quantitative estimate of drug-likeness (QED) is 0.582. The van der Waals surface area contributed by atoms with Crippen LogP contribution in [0.25, 0.3) is 22.5 Å². The molecule has 7 nitrogen and oxygen atoms in total. The summed E-state index contributed by atoms with van der Waals surface area (Å²) in [6.07, 6.45) is 5.21. The fourth-order valence-electron chi connectivity index (χ4n) is 4.49. The molecule has 1 amide bonds. The average Bonchev–Trinajstić information content (AvgIpc) is 3.62. The monoisotopic (exact) mass is 432 g/mol. The number of carbonyl (C=O) groups is 1. The van der Waals surface area contributed by atoms with E-state index in [1.807, 2.05) is 19.1 Å². The van der Waals surface area contributed by atoms with Crippen LogP contribution in [0, 0.1) is 0 Å². The number of H-pyrrole nitrogens is 1. The van der Waals surface area contributed by atoms with Gasteiger partial charge in [-0.2, -0.15) is 5.21 Å². The van der Waals surface area contributed by atoms with Crippen LogP contribution >= 0.6 is 0 Å². The van der Waals surface area contributed by atoms with Crippen LogP contribution < -0.4 is 0 Å². The maximum absolute atomic E-state index is 13.6. The van der Waals surface area contributed by atoms with E-state index in [9.17, 15) is 4.79 Å². The third-order valence-corrected chi connectivity index (χ3v) is 6.17. The Morgan fingerprint density at radius 1 is 1.16 bits per heavy atom. The molecule has 2 aliphatic rings. The van der Waals surface area contributed by atoms with Gasteiger partial charge in [-0.1, -0.05) is 74.7 Å². The SMILES string of the molecule is [2H]c1c(-c2ccccc2-c2nn[nH]n2)ccc(C([2H])([2H])N2C(=O)C3(CCCC3)N=C2CCCC)c1[2H]. The number of nitrogens with zero attached hydrogens (tertiary/aromatic N) is 5. The molecule has 1 aliphatic heterocycles. The topological polar surface area (TPSA) is 87.1 Å². The first-order valence-corrected chi connectivity index (χ1v) is 11.2. The zero-order valence-corrected chi connectivity index (χ0v) is 18.1. The lowest BCUT2D eigenvalue weighted by Gasteiger charge is -2.23. The van der Waals surface area contributed by atoms with Gasteiger partial charge in [0, 0.05) is 12.0 Å². The standard InChI is InChI=1S/C25H28N6O/c1-2-3-10-22-26-25(15-6-7-16-25)24(32)31(22)17-18-11-13-19(14-12-18)20-8-4-5-9-21(20)23-27-29-30-28-23/h4-5,8-9,11-14H,2-3,6-7,10,15-17H2,1H3,(H,27,28,29,30)/i11D,13D,17D2. The van der Waals surface area contributed by atoms with Crippen molar-refractivity contribution in [1.29, 1.82) is 0 Å². The molecule has 2 aromatic carbocycles. The second-order valence-electron chi connectivity index (χ2n) is 8.31. The summed E-state index contributed by atoms with van der Waals surface area (Å²) in [4.78, 5) is 19.6. The number of rotatable bonds is 7. The Balaban J connectivity index is 1.56. The van der Waals surface area contributed by atoms with E-state index < -0.39 is 12.0 Å². The first-order chi connectivity index (χ1) is 17.3. The summed E-state index contributed by atoms with van der Waals surface area (Å²) in [6, 6.07) is 9.97. The second-order valence-corrected chi connectivity index (χ2v) is 8.31. The lowest BCUT2D eigenvalue weighted by atomic mass is 9.97. The number of amidine groups is 1. The lowest BCUT2D eigenvalue weighted by molar-refractivity contribution is -0.131. The smallest absolute Gasteiger partial charge is 0.256 e. The van der Waals surface area contributed by atoms with Crippen LogP contribution in [0.4, 0.5) is 0 Å². The zero-order chi connectivity index (χ0) is 25.5. The van der Waals surface area contributed by atoms with Gasteiger partial charge in [0.05, 0.1) is 12.0 Å². The Morgan fingerprint density at radius 3 is 2.72 bits per heavy atom. The van der Waals surface area contributed by atoms with Crippen LogP contribution in [0.2, 0.25) is 0 Å². The molecule has 1 aliphatic carbocycles. The van der Waals surface area contributed by atoms with E-state index in [4.69, 9.17) is 10.5 Å². The number of aromatic nitrogens is 4. The summed E-state index contributed by atoms with van der Waals surface area (Å²) in [6.45, 7) is -0.268. The molecule has 5 rings (SSSR count). The minimum Gasteiger partial charge on any atom is -0.294 e. The van der Waals surface area contributed by atoms with Gasteiger partial charge in [0.15, 0.2) is 0 Å². The molecule has 1 fully saturated rings. The molecule has 1 saturated carbocycles. The van der Waals surface area contributed by atoms with E-state index in [1.54, 1.807) is 18.2 Å². The van der Waals surface area contributed by atoms with E-state index in [0.717, 1.165) is 25.7 Å². The van der Waals surface area contributed by atoms with Crippen molar-refractivity contribution in [3.8, 4) is 22.5 Å². The van der Waals surface area contributed by atoms with Crippen LogP contribution in [0.5, 0.6) is 0 Å². The van der Waals surface area contributed by atoms with Gasteiger partial charge >= 0.3 is 0 Å². The van der Waals surface area contributed by atoms with Crippen molar-refractivity contribution >= 4 is 11.7 Å². The van der Waals surface area contributed by atoms with E-state index in [1.165, 1.54) is 11.0 Å². The van der Waals surface area contributed by atoms with Crippen molar-refractivity contribution in [1.82, 2.24) is 25.5 Å². The van der Waals surface area contributed by atoms with Crippen LogP contribution in [-0.4, -0.2) is 42.8 Å². The average molecular weight is 433 g/mol. The Morgan fingerprint density at radius 2 is 1.97 bits per heavy atom. The predicted octanol–water partition coefficient (Wildman–Crippen LogP) is 4.78. The van der Waals surface area contributed by atoms with Gasteiger partial charge in [-0.05, 0) is 41.2 Å². The Labute approximate surface area is 193 Å². The van der Waals surface area contributed by atoms with E-state index in [2.05, 4.69) is 20.6 Å².